The van der Waals surface area contributed by atoms with Crippen molar-refractivity contribution in [3.05, 3.63) is 33.9 Å². The van der Waals surface area contributed by atoms with Gasteiger partial charge in [0.2, 0.25) is 5.91 Å². The van der Waals surface area contributed by atoms with Crippen molar-refractivity contribution >= 4 is 23.3 Å². The third-order valence-electron chi connectivity index (χ3n) is 2.83. The number of amides is 1. The second-order valence-corrected chi connectivity index (χ2v) is 4.69. The molecule has 0 radical (unpaired) electrons. The zero-order valence-electron chi connectivity index (χ0n) is 11.8. The number of hydrogen-bond donors (Lipinski definition) is 2. The molecule has 114 valence electrons. The highest BCUT2D eigenvalue weighted by atomic mass is 16.6. The minimum atomic E-state index is -0.934. The number of carbonyl (C=O) groups is 2. The Labute approximate surface area is 121 Å². The summed E-state index contributed by atoms with van der Waals surface area (Å²) < 4.78 is 0. The first kappa shape index (κ1) is 16.6. The summed E-state index contributed by atoms with van der Waals surface area (Å²) in [5, 5.41) is 21.9. The molecule has 1 rings (SSSR count). The second-order valence-electron chi connectivity index (χ2n) is 4.69. The summed E-state index contributed by atoms with van der Waals surface area (Å²) in [7, 11) is 1.63. The van der Waals surface area contributed by atoms with Crippen molar-refractivity contribution in [3.63, 3.8) is 0 Å². The lowest BCUT2D eigenvalue weighted by atomic mass is 10.2. The molecule has 0 aromatic heterocycles. The molecule has 8 nitrogen and oxygen atoms in total. The zero-order chi connectivity index (χ0) is 16.0. The number of aliphatic carboxylic acids is 1. The number of benzene rings is 1. The molecular formula is C13H17N3O5. The predicted molar refractivity (Wildman–Crippen MR) is 76.2 cm³/mol. The number of anilines is 1. The standard InChI is InChI=1S/C13H17N3O5/c1-9-3-4-10(16(20)21)7-11(9)14-12(17)8-15(2)6-5-13(18)19/h3-4,7H,5-6,8H2,1-2H3,(H,14,17)(H,18,19). The minimum absolute atomic E-state index is 0.00934. The summed E-state index contributed by atoms with van der Waals surface area (Å²) in [4.78, 5) is 34.0. The Morgan fingerprint density at radius 2 is 2.10 bits per heavy atom. The van der Waals surface area contributed by atoms with Crippen LogP contribution in [-0.2, 0) is 9.59 Å². The molecule has 1 amide bonds. The van der Waals surface area contributed by atoms with Crippen molar-refractivity contribution in [3.8, 4) is 0 Å². The summed E-state index contributed by atoms with van der Waals surface area (Å²) in [6, 6.07) is 4.22. The van der Waals surface area contributed by atoms with Crippen LogP contribution in [0.5, 0.6) is 0 Å². The van der Waals surface area contributed by atoms with Crippen LogP contribution in [0.15, 0.2) is 18.2 Å². The largest absolute Gasteiger partial charge is 0.481 e. The Bertz CT molecular complexity index is 559. The second kappa shape index (κ2) is 7.34. The van der Waals surface area contributed by atoms with Gasteiger partial charge in [-0.3, -0.25) is 24.6 Å². The van der Waals surface area contributed by atoms with E-state index in [0.29, 0.717) is 11.3 Å². The number of carboxylic acid groups (broad SMARTS) is 1. The van der Waals surface area contributed by atoms with E-state index in [2.05, 4.69) is 5.32 Å². The van der Waals surface area contributed by atoms with Gasteiger partial charge in [0.05, 0.1) is 23.6 Å². The van der Waals surface area contributed by atoms with E-state index in [-0.39, 0.29) is 31.1 Å². The number of aryl methyl sites for hydroxylation is 1. The van der Waals surface area contributed by atoms with Crippen molar-refractivity contribution in [1.29, 1.82) is 0 Å². The Morgan fingerprint density at radius 1 is 1.43 bits per heavy atom. The molecule has 0 unspecified atom stereocenters. The van der Waals surface area contributed by atoms with Gasteiger partial charge < -0.3 is 10.4 Å². The number of carbonyl (C=O) groups excluding carboxylic acids is 1. The van der Waals surface area contributed by atoms with Gasteiger partial charge in [-0.15, -0.1) is 0 Å². The molecule has 0 aliphatic carbocycles. The van der Waals surface area contributed by atoms with E-state index in [0.717, 1.165) is 0 Å². The van der Waals surface area contributed by atoms with Gasteiger partial charge in [-0.05, 0) is 19.5 Å². The van der Waals surface area contributed by atoms with Crippen LogP contribution in [0.25, 0.3) is 0 Å². The number of nitrogens with one attached hydrogen (secondary N) is 1. The van der Waals surface area contributed by atoms with Gasteiger partial charge in [0.1, 0.15) is 0 Å². The van der Waals surface area contributed by atoms with Gasteiger partial charge in [0.25, 0.3) is 5.69 Å². The first-order valence-electron chi connectivity index (χ1n) is 6.25. The van der Waals surface area contributed by atoms with E-state index in [9.17, 15) is 19.7 Å². The normalized spacial score (nSPS) is 10.4. The van der Waals surface area contributed by atoms with Gasteiger partial charge in [-0.1, -0.05) is 6.07 Å². The zero-order valence-corrected chi connectivity index (χ0v) is 11.8. The lowest BCUT2D eigenvalue weighted by Gasteiger charge is -2.15. The molecule has 0 fully saturated rings. The van der Waals surface area contributed by atoms with Crippen molar-refractivity contribution < 1.29 is 19.6 Å². The highest BCUT2D eigenvalue weighted by molar-refractivity contribution is 5.93. The van der Waals surface area contributed by atoms with Gasteiger partial charge in [-0.2, -0.15) is 0 Å². The van der Waals surface area contributed by atoms with Crippen LogP contribution in [0.4, 0.5) is 11.4 Å². The molecule has 0 aliphatic rings. The molecule has 0 spiro atoms. The van der Waals surface area contributed by atoms with E-state index in [1.807, 2.05) is 0 Å². The van der Waals surface area contributed by atoms with Crippen LogP contribution in [0.2, 0.25) is 0 Å². The third kappa shape index (κ3) is 5.57. The maximum Gasteiger partial charge on any atom is 0.304 e. The topological polar surface area (TPSA) is 113 Å². The fraction of sp³-hybridized carbons (Fsp3) is 0.385. The number of nitro benzene ring substituents is 1. The maximum atomic E-state index is 11.8. The fourth-order valence-electron chi connectivity index (χ4n) is 1.66. The Morgan fingerprint density at radius 3 is 2.67 bits per heavy atom. The number of likely N-dealkylation sites (N-methyl/N-ethyl adjacent to an activating group) is 1. The average molecular weight is 295 g/mol. The van der Waals surface area contributed by atoms with Gasteiger partial charge >= 0.3 is 5.97 Å². The van der Waals surface area contributed by atoms with Crippen LogP contribution < -0.4 is 5.32 Å². The smallest absolute Gasteiger partial charge is 0.304 e. The first-order valence-corrected chi connectivity index (χ1v) is 6.25. The highest BCUT2D eigenvalue weighted by Gasteiger charge is 2.12. The first-order chi connectivity index (χ1) is 9.79. The van der Waals surface area contributed by atoms with Gasteiger partial charge in [0.15, 0.2) is 0 Å². The molecule has 0 aliphatic heterocycles. The quantitative estimate of drug-likeness (QED) is 0.578. The molecule has 8 heteroatoms. The molecule has 21 heavy (non-hydrogen) atoms. The fourth-order valence-corrected chi connectivity index (χ4v) is 1.66. The molecule has 1 aromatic carbocycles. The van der Waals surface area contributed by atoms with Gasteiger partial charge in [-0.25, -0.2) is 0 Å². The molecule has 0 saturated carbocycles. The number of non-ortho nitro benzene ring substituents is 1. The SMILES string of the molecule is Cc1ccc([N+](=O)[O-])cc1NC(=O)CN(C)CCC(=O)O. The molecule has 1 aromatic rings. The summed E-state index contributed by atoms with van der Waals surface area (Å²) in [6.45, 7) is 1.99. The number of nitrogens with zero attached hydrogens (tertiary/aromatic N) is 2. The van der Waals surface area contributed by atoms with E-state index >= 15 is 0 Å². The van der Waals surface area contributed by atoms with Crippen LogP contribution >= 0.6 is 0 Å². The van der Waals surface area contributed by atoms with Crippen molar-refractivity contribution in [2.75, 3.05) is 25.5 Å². The maximum absolute atomic E-state index is 11.8. The Kier molecular flexibility index (Phi) is 5.79. The predicted octanol–water partition coefficient (Wildman–Crippen LogP) is 1.25. The molecule has 0 atom stereocenters. The van der Waals surface area contributed by atoms with E-state index in [1.165, 1.54) is 12.1 Å². The Hall–Kier alpha value is -2.48. The molecule has 0 saturated heterocycles. The van der Waals surface area contributed by atoms with E-state index < -0.39 is 10.9 Å². The number of carboxylic acids is 1. The lowest BCUT2D eigenvalue weighted by molar-refractivity contribution is -0.384. The van der Waals surface area contributed by atoms with Crippen LogP contribution in [-0.4, -0.2) is 46.9 Å². The molecule has 0 heterocycles. The Balaban J connectivity index is 2.64. The number of nitro groups is 1. The monoisotopic (exact) mass is 295 g/mol. The van der Waals surface area contributed by atoms with Crippen LogP contribution in [0.1, 0.15) is 12.0 Å². The number of hydrogen-bond acceptors (Lipinski definition) is 5. The third-order valence-corrected chi connectivity index (χ3v) is 2.83. The van der Waals surface area contributed by atoms with Crippen LogP contribution in [0.3, 0.4) is 0 Å². The van der Waals surface area contributed by atoms with Crippen molar-refractivity contribution in [2.45, 2.75) is 13.3 Å². The summed E-state index contributed by atoms with van der Waals surface area (Å²) >= 11 is 0. The summed E-state index contributed by atoms with van der Waals surface area (Å²) in [5.74, 6) is -1.29. The van der Waals surface area contributed by atoms with Crippen molar-refractivity contribution in [1.82, 2.24) is 4.90 Å². The average Bonchev–Trinajstić information content (AvgIpc) is 2.38. The van der Waals surface area contributed by atoms with E-state index in [4.69, 9.17) is 5.11 Å². The van der Waals surface area contributed by atoms with E-state index in [1.54, 1.807) is 24.9 Å². The molecule has 2 N–H and O–H groups in total. The lowest BCUT2D eigenvalue weighted by Crippen LogP contribution is -2.31. The highest BCUT2D eigenvalue weighted by Crippen LogP contribution is 2.21. The summed E-state index contributed by atoms with van der Waals surface area (Å²) in [6.07, 6.45) is -0.0559. The van der Waals surface area contributed by atoms with Crippen LogP contribution in [0, 0.1) is 17.0 Å². The number of rotatable bonds is 7. The summed E-state index contributed by atoms with van der Waals surface area (Å²) in [5.41, 5.74) is 0.984. The minimum Gasteiger partial charge on any atom is -0.481 e. The van der Waals surface area contributed by atoms with Gasteiger partial charge in [0, 0.05) is 18.7 Å². The van der Waals surface area contributed by atoms with Crippen molar-refractivity contribution in [2.24, 2.45) is 0 Å². The molecule has 0 bridgehead atoms. The molecular weight excluding hydrogens is 278 g/mol.